The van der Waals surface area contributed by atoms with Gasteiger partial charge in [0, 0.05) is 15.7 Å². The van der Waals surface area contributed by atoms with E-state index < -0.39 is 0 Å². The van der Waals surface area contributed by atoms with Crippen molar-refractivity contribution in [1.82, 2.24) is 5.43 Å². The number of rotatable bonds is 5. The fraction of sp³-hybridized carbons (Fsp3) is 0.250. The molecule has 106 valence electrons. The third kappa shape index (κ3) is 4.25. The monoisotopic (exact) mass is 306 g/mol. The largest absolute Gasteiger partial charge is 0.271 e. The number of nitrogens with one attached hydrogen (secondary N) is 1. The Morgan fingerprint density at radius 3 is 2.45 bits per heavy atom. The smallest absolute Gasteiger partial charge is 0.0554 e. The molecule has 0 amide bonds. The summed E-state index contributed by atoms with van der Waals surface area (Å²) in [6, 6.07) is 14.5. The van der Waals surface area contributed by atoms with Crippen LogP contribution in [0.3, 0.4) is 0 Å². The molecule has 2 aromatic carbocycles. The van der Waals surface area contributed by atoms with Gasteiger partial charge in [0.1, 0.15) is 0 Å². The molecule has 2 nitrogen and oxygen atoms in total. The van der Waals surface area contributed by atoms with Crippen LogP contribution in [0.25, 0.3) is 0 Å². The van der Waals surface area contributed by atoms with E-state index in [0.29, 0.717) is 0 Å². The molecule has 0 aliphatic carbocycles. The van der Waals surface area contributed by atoms with Crippen molar-refractivity contribution in [1.29, 1.82) is 0 Å². The van der Waals surface area contributed by atoms with Crippen molar-refractivity contribution in [3.8, 4) is 0 Å². The van der Waals surface area contributed by atoms with Crippen molar-refractivity contribution in [2.24, 2.45) is 5.84 Å². The molecule has 0 heterocycles. The molecule has 0 aliphatic heterocycles. The predicted molar refractivity (Wildman–Crippen MR) is 88.2 cm³/mol. The Hall–Kier alpha value is -1.00. The number of hydrogen-bond acceptors (Lipinski definition) is 3. The number of thioether (sulfide) groups is 1. The Kier molecular flexibility index (Phi) is 5.49. The van der Waals surface area contributed by atoms with Crippen LogP contribution in [0.1, 0.15) is 22.7 Å². The highest BCUT2D eigenvalue weighted by Gasteiger charge is 2.11. The van der Waals surface area contributed by atoms with Crippen LogP contribution < -0.4 is 11.3 Å². The first-order valence-electron chi connectivity index (χ1n) is 6.51. The molecular formula is C16H19ClN2S. The van der Waals surface area contributed by atoms with Crippen molar-refractivity contribution in [2.75, 3.05) is 5.75 Å². The van der Waals surface area contributed by atoms with Crippen LogP contribution in [0.15, 0.2) is 47.4 Å². The second kappa shape index (κ2) is 7.14. The molecule has 2 aromatic rings. The molecule has 3 N–H and O–H groups in total. The van der Waals surface area contributed by atoms with Gasteiger partial charge in [-0.2, -0.15) is 0 Å². The van der Waals surface area contributed by atoms with E-state index in [-0.39, 0.29) is 6.04 Å². The molecule has 0 radical (unpaired) electrons. The van der Waals surface area contributed by atoms with Crippen molar-refractivity contribution in [3.05, 3.63) is 64.2 Å². The molecule has 0 saturated carbocycles. The van der Waals surface area contributed by atoms with E-state index in [2.05, 4.69) is 43.5 Å². The van der Waals surface area contributed by atoms with Crippen LogP contribution in [-0.2, 0) is 0 Å². The Balaban J connectivity index is 2.09. The van der Waals surface area contributed by atoms with Gasteiger partial charge >= 0.3 is 0 Å². The third-order valence-corrected chi connectivity index (χ3v) is 4.38. The molecule has 1 unspecified atom stereocenters. The minimum atomic E-state index is 0.123. The highest BCUT2D eigenvalue weighted by Crippen LogP contribution is 2.27. The molecule has 0 saturated heterocycles. The van der Waals surface area contributed by atoms with E-state index >= 15 is 0 Å². The van der Waals surface area contributed by atoms with E-state index in [0.717, 1.165) is 15.7 Å². The Morgan fingerprint density at radius 1 is 1.15 bits per heavy atom. The molecule has 4 heteroatoms. The second-order valence-corrected chi connectivity index (χ2v) is 6.44. The second-order valence-electron chi connectivity index (χ2n) is 4.91. The third-order valence-electron chi connectivity index (χ3n) is 3.06. The summed E-state index contributed by atoms with van der Waals surface area (Å²) in [5, 5.41) is 0.763. The summed E-state index contributed by atoms with van der Waals surface area (Å²) in [7, 11) is 0. The maximum Gasteiger partial charge on any atom is 0.0554 e. The van der Waals surface area contributed by atoms with Gasteiger partial charge in [-0.25, -0.2) is 0 Å². The lowest BCUT2D eigenvalue weighted by Crippen LogP contribution is -2.29. The van der Waals surface area contributed by atoms with Gasteiger partial charge in [-0.1, -0.05) is 47.0 Å². The lowest BCUT2D eigenvalue weighted by Gasteiger charge is -2.17. The molecule has 20 heavy (non-hydrogen) atoms. The topological polar surface area (TPSA) is 38.0 Å². The standard InChI is InChI=1S/C16H19ClN2S/c1-11-6-12(2)8-13(7-11)16(19-18)10-20-15-5-3-4-14(17)9-15/h3-9,16,19H,10,18H2,1-2H3. The van der Waals surface area contributed by atoms with Crippen molar-refractivity contribution in [3.63, 3.8) is 0 Å². The zero-order chi connectivity index (χ0) is 14.5. The van der Waals surface area contributed by atoms with E-state index in [1.165, 1.54) is 16.7 Å². The predicted octanol–water partition coefficient (Wildman–Crippen LogP) is 4.25. The van der Waals surface area contributed by atoms with Gasteiger partial charge in [0.25, 0.3) is 0 Å². The number of halogens is 1. The van der Waals surface area contributed by atoms with E-state index in [1.807, 2.05) is 18.2 Å². The quantitative estimate of drug-likeness (QED) is 0.492. The summed E-state index contributed by atoms with van der Waals surface area (Å²) in [6.07, 6.45) is 0. The van der Waals surface area contributed by atoms with Crippen LogP contribution in [0.4, 0.5) is 0 Å². The van der Waals surface area contributed by atoms with E-state index in [1.54, 1.807) is 11.8 Å². The highest BCUT2D eigenvalue weighted by atomic mass is 35.5. The van der Waals surface area contributed by atoms with Crippen LogP contribution >= 0.6 is 23.4 Å². The van der Waals surface area contributed by atoms with Crippen molar-refractivity contribution >= 4 is 23.4 Å². The highest BCUT2D eigenvalue weighted by molar-refractivity contribution is 7.99. The zero-order valence-electron chi connectivity index (χ0n) is 11.7. The molecule has 0 fully saturated rings. The first kappa shape index (κ1) is 15.4. The first-order valence-corrected chi connectivity index (χ1v) is 7.87. The van der Waals surface area contributed by atoms with Gasteiger partial charge < -0.3 is 0 Å². The van der Waals surface area contributed by atoms with Crippen LogP contribution in [0.2, 0.25) is 5.02 Å². The summed E-state index contributed by atoms with van der Waals surface area (Å²) < 4.78 is 0. The van der Waals surface area contributed by atoms with Gasteiger partial charge in [0.05, 0.1) is 6.04 Å². The van der Waals surface area contributed by atoms with Gasteiger partial charge in [-0.05, 0) is 37.6 Å². The Labute approximate surface area is 129 Å². The van der Waals surface area contributed by atoms with Gasteiger partial charge in [-0.15, -0.1) is 11.8 Å². The van der Waals surface area contributed by atoms with Crippen LogP contribution in [0, 0.1) is 13.8 Å². The minimum Gasteiger partial charge on any atom is -0.271 e. The molecule has 1 atom stereocenters. The number of nitrogens with two attached hydrogens (primary N) is 1. The Morgan fingerprint density at radius 2 is 1.85 bits per heavy atom. The minimum absolute atomic E-state index is 0.123. The molecule has 2 rings (SSSR count). The zero-order valence-corrected chi connectivity index (χ0v) is 13.3. The molecular weight excluding hydrogens is 288 g/mol. The van der Waals surface area contributed by atoms with Gasteiger partial charge in [-0.3, -0.25) is 11.3 Å². The first-order chi connectivity index (χ1) is 9.58. The number of hydrazine groups is 1. The summed E-state index contributed by atoms with van der Waals surface area (Å²) in [4.78, 5) is 1.15. The van der Waals surface area contributed by atoms with Gasteiger partial charge in [0.2, 0.25) is 0 Å². The fourth-order valence-electron chi connectivity index (χ4n) is 2.19. The van der Waals surface area contributed by atoms with Crippen molar-refractivity contribution < 1.29 is 0 Å². The number of benzene rings is 2. The van der Waals surface area contributed by atoms with Crippen LogP contribution in [-0.4, -0.2) is 5.75 Å². The average molecular weight is 307 g/mol. The lowest BCUT2D eigenvalue weighted by molar-refractivity contribution is 0.610. The maximum absolute atomic E-state index is 6.00. The summed E-state index contributed by atoms with van der Waals surface area (Å²) >= 11 is 7.75. The summed E-state index contributed by atoms with van der Waals surface area (Å²) in [6.45, 7) is 4.21. The summed E-state index contributed by atoms with van der Waals surface area (Å²) in [5.74, 6) is 6.57. The van der Waals surface area contributed by atoms with E-state index in [4.69, 9.17) is 17.4 Å². The van der Waals surface area contributed by atoms with E-state index in [9.17, 15) is 0 Å². The van der Waals surface area contributed by atoms with Crippen molar-refractivity contribution in [2.45, 2.75) is 24.8 Å². The molecule has 0 spiro atoms. The SMILES string of the molecule is Cc1cc(C)cc(C(CSc2cccc(Cl)c2)NN)c1. The normalized spacial score (nSPS) is 12.4. The fourth-order valence-corrected chi connectivity index (χ4v) is 3.48. The number of hydrogen-bond donors (Lipinski definition) is 2. The average Bonchev–Trinajstić information content (AvgIpc) is 2.38. The van der Waals surface area contributed by atoms with Gasteiger partial charge in [0.15, 0.2) is 0 Å². The van der Waals surface area contributed by atoms with Crippen LogP contribution in [0.5, 0.6) is 0 Å². The number of aryl methyl sites for hydroxylation is 2. The molecule has 0 bridgehead atoms. The lowest BCUT2D eigenvalue weighted by atomic mass is 10.0. The molecule has 0 aromatic heterocycles. The maximum atomic E-state index is 6.00. The summed E-state index contributed by atoms with van der Waals surface area (Å²) in [5.41, 5.74) is 6.64. The molecule has 0 aliphatic rings. The Bertz CT molecular complexity index is 566.